The van der Waals surface area contributed by atoms with Crippen LogP contribution in [0.4, 0.5) is 17.3 Å². The third kappa shape index (κ3) is 3.62. The van der Waals surface area contributed by atoms with Crippen molar-refractivity contribution in [3.63, 3.8) is 0 Å². The molecule has 3 rings (SSSR count). The Morgan fingerprint density at radius 2 is 2.12 bits per heavy atom. The highest BCUT2D eigenvalue weighted by Gasteiger charge is 2.34. The summed E-state index contributed by atoms with van der Waals surface area (Å²) in [5.41, 5.74) is 6.07. The Bertz CT molecular complexity index is 859. The van der Waals surface area contributed by atoms with E-state index in [9.17, 15) is 9.59 Å². The van der Waals surface area contributed by atoms with Crippen LogP contribution in [-0.2, 0) is 9.59 Å². The van der Waals surface area contributed by atoms with E-state index in [2.05, 4.69) is 10.3 Å². The number of rotatable bonds is 3. The van der Waals surface area contributed by atoms with Crippen LogP contribution in [0, 0.1) is 0 Å². The summed E-state index contributed by atoms with van der Waals surface area (Å²) in [6.45, 7) is 1.34. The summed E-state index contributed by atoms with van der Waals surface area (Å²) >= 11 is 11.9. The zero-order chi connectivity index (χ0) is 18.1. The van der Waals surface area contributed by atoms with Crippen LogP contribution in [0.1, 0.15) is 6.92 Å². The minimum Gasteiger partial charge on any atom is -0.477 e. The number of nitrogens with one attached hydrogen (secondary N) is 1. The summed E-state index contributed by atoms with van der Waals surface area (Å²) in [4.78, 5) is 30.1. The molecule has 0 aliphatic carbocycles. The van der Waals surface area contributed by atoms with Gasteiger partial charge in [-0.25, -0.2) is 4.98 Å². The van der Waals surface area contributed by atoms with E-state index >= 15 is 0 Å². The van der Waals surface area contributed by atoms with E-state index in [0.29, 0.717) is 21.5 Å². The molecule has 130 valence electrons. The molecule has 0 saturated carbocycles. The van der Waals surface area contributed by atoms with Gasteiger partial charge in [-0.15, -0.1) is 0 Å². The SMILES string of the molecule is CC1Oc2ccc(N)nc2N(CC(=O)Nc2ccc(Cl)cc2Cl)C1=O. The Labute approximate surface area is 153 Å². The molecule has 25 heavy (non-hydrogen) atoms. The van der Waals surface area contributed by atoms with Crippen LogP contribution in [0.15, 0.2) is 30.3 Å². The molecule has 9 heteroatoms. The minimum atomic E-state index is -0.732. The van der Waals surface area contributed by atoms with Gasteiger partial charge in [-0.2, -0.15) is 0 Å². The summed E-state index contributed by atoms with van der Waals surface area (Å²) in [5.74, 6) is -0.0141. The molecule has 1 aliphatic heterocycles. The lowest BCUT2D eigenvalue weighted by Crippen LogP contribution is -2.48. The van der Waals surface area contributed by atoms with E-state index in [-0.39, 0.29) is 24.1 Å². The van der Waals surface area contributed by atoms with Crippen molar-refractivity contribution in [1.29, 1.82) is 0 Å². The monoisotopic (exact) mass is 380 g/mol. The molecule has 7 nitrogen and oxygen atoms in total. The smallest absolute Gasteiger partial charge is 0.269 e. The number of ether oxygens (including phenoxy) is 1. The van der Waals surface area contributed by atoms with Crippen LogP contribution < -0.4 is 20.7 Å². The third-order valence-corrected chi connectivity index (χ3v) is 4.09. The number of carbonyl (C=O) groups excluding carboxylic acids is 2. The topological polar surface area (TPSA) is 97.6 Å². The van der Waals surface area contributed by atoms with E-state index in [4.69, 9.17) is 33.7 Å². The normalized spacial score (nSPS) is 16.2. The largest absolute Gasteiger partial charge is 0.477 e. The number of carbonyl (C=O) groups is 2. The molecule has 1 aromatic carbocycles. The Kier molecular flexibility index (Phi) is 4.69. The van der Waals surface area contributed by atoms with Crippen molar-refractivity contribution in [1.82, 2.24) is 4.98 Å². The highest BCUT2D eigenvalue weighted by molar-refractivity contribution is 6.36. The number of anilines is 3. The second-order valence-corrected chi connectivity index (χ2v) is 6.26. The second kappa shape index (κ2) is 6.78. The predicted molar refractivity (Wildman–Crippen MR) is 96.2 cm³/mol. The molecule has 1 aliphatic rings. The van der Waals surface area contributed by atoms with Gasteiger partial charge in [0.25, 0.3) is 5.91 Å². The Morgan fingerprint density at radius 1 is 1.36 bits per heavy atom. The fourth-order valence-corrected chi connectivity index (χ4v) is 2.83. The van der Waals surface area contributed by atoms with Gasteiger partial charge in [-0.1, -0.05) is 23.2 Å². The predicted octanol–water partition coefficient (Wildman–Crippen LogP) is 2.72. The first-order valence-electron chi connectivity index (χ1n) is 7.34. The molecule has 1 unspecified atom stereocenters. The summed E-state index contributed by atoms with van der Waals surface area (Å²) in [7, 11) is 0. The van der Waals surface area contributed by atoms with Gasteiger partial charge in [-0.05, 0) is 37.3 Å². The van der Waals surface area contributed by atoms with Gasteiger partial charge >= 0.3 is 0 Å². The summed E-state index contributed by atoms with van der Waals surface area (Å²) in [5, 5.41) is 3.39. The number of nitrogen functional groups attached to an aromatic ring is 1. The average Bonchev–Trinajstić information content (AvgIpc) is 2.55. The van der Waals surface area contributed by atoms with Crippen molar-refractivity contribution < 1.29 is 14.3 Å². The molecule has 1 atom stereocenters. The number of aromatic nitrogens is 1. The number of pyridine rings is 1. The molecular formula is C16H14Cl2N4O3. The lowest BCUT2D eigenvalue weighted by atomic mass is 10.2. The number of nitrogens with two attached hydrogens (primary N) is 1. The van der Waals surface area contributed by atoms with E-state index in [1.54, 1.807) is 31.2 Å². The number of nitrogens with zero attached hydrogens (tertiary/aromatic N) is 2. The molecule has 0 bridgehead atoms. The number of amides is 2. The Morgan fingerprint density at radius 3 is 2.84 bits per heavy atom. The Hall–Kier alpha value is -2.51. The van der Waals surface area contributed by atoms with Crippen molar-refractivity contribution in [3.8, 4) is 5.75 Å². The van der Waals surface area contributed by atoms with E-state index in [1.807, 2.05) is 0 Å². The summed E-state index contributed by atoms with van der Waals surface area (Å²) in [6, 6.07) is 7.87. The number of hydrogen-bond acceptors (Lipinski definition) is 5. The van der Waals surface area contributed by atoms with Crippen LogP contribution >= 0.6 is 23.2 Å². The van der Waals surface area contributed by atoms with Crippen LogP contribution in [-0.4, -0.2) is 29.4 Å². The number of hydrogen-bond donors (Lipinski definition) is 2. The van der Waals surface area contributed by atoms with Crippen molar-refractivity contribution in [2.75, 3.05) is 22.5 Å². The van der Waals surface area contributed by atoms with Crippen LogP contribution in [0.3, 0.4) is 0 Å². The zero-order valence-electron chi connectivity index (χ0n) is 13.1. The number of benzene rings is 1. The first-order chi connectivity index (χ1) is 11.8. The zero-order valence-corrected chi connectivity index (χ0v) is 14.6. The molecule has 2 heterocycles. The van der Waals surface area contributed by atoms with Gasteiger partial charge in [0, 0.05) is 5.02 Å². The average molecular weight is 381 g/mol. The minimum absolute atomic E-state index is 0.209. The highest BCUT2D eigenvalue weighted by Crippen LogP contribution is 2.33. The molecule has 2 aromatic rings. The summed E-state index contributed by atoms with van der Waals surface area (Å²) in [6.07, 6.45) is -0.732. The first-order valence-corrected chi connectivity index (χ1v) is 8.10. The maximum absolute atomic E-state index is 12.4. The molecule has 0 spiro atoms. The van der Waals surface area contributed by atoms with E-state index < -0.39 is 12.0 Å². The van der Waals surface area contributed by atoms with Gasteiger partial charge in [0.15, 0.2) is 17.7 Å². The van der Waals surface area contributed by atoms with Crippen molar-refractivity contribution in [2.24, 2.45) is 0 Å². The second-order valence-electron chi connectivity index (χ2n) is 5.41. The highest BCUT2D eigenvalue weighted by atomic mass is 35.5. The molecule has 0 saturated heterocycles. The van der Waals surface area contributed by atoms with Crippen molar-refractivity contribution >= 4 is 52.3 Å². The van der Waals surface area contributed by atoms with Crippen molar-refractivity contribution in [3.05, 3.63) is 40.4 Å². The Balaban J connectivity index is 1.82. The van der Waals surface area contributed by atoms with Gasteiger partial charge in [0.1, 0.15) is 12.4 Å². The fourth-order valence-electron chi connectivity index (χ4n) is 2.38. The van der Waals surface area contributed by atoms with Gasteiger partial charge in [-0.3, -0.25) is 14.5 Å². The quantitative estimate of drug-likeness (QED) is 0.852. The van der Waals surface area contributed by atoms with Gasteiger partial charge in [0.05, 0.1) is 10.7 Å². The standard InChI is InChI=1S/C16H14Cl2N4O3/c1-8-16(24)22(15-12(25-8)4-5-13(19)21-15)7-14(23)20-11-3-2-9(17)6-10(11)18/h2-6,8H,7H2,1H3,(H2,19,21)(H,20,23). The molecule has 0 fully saturated rings. The molecule has 3 N–H and O–H groups in total. The van der Waals surface area contributed by atoms with E-state index in [0.717, 1.165) is 0 Å². The van der Waals surface area contributed by atoms with Crippen molar-refractivity contribution in [2.45, 2.75) is 13.0 Å². The maximum atomic E-state index is 12.4. The molecule has 1 aromatic heterocycles. The van der Waals surface area contributed by atoms with Crippen LogP contribution in [0.25, 0.3) is 0 Å². The molecular weight excluding hydrogens is 367 g/mol. The first kappa shape index (κ1) is 17.3. The van der Waals surface area contributed by atoms with Gasteiger partial charge < -0.3 is 15.8 Å². The molecule has 0 radical (unpaired) electrons. The van der Waals surface area contributed by atoms with Gasteiger partial charge in [0.2, 0.25) is 5.91 Å². The number of fused-ring (bicyclic) bond motifs is 1. The van der Waals surface area contributed by atoms with Crippen LogP contribution in [0.2, 0.25) is 10.0 Å². The van der Waals surface area contributed by atoms with Crippen LogP contribution in [0.5, 0.6) is 5.75 Å². The third-order valence-electron chi connectivity index (χ3n) is 3.54. The lowest BCUT2D eigenvalue weighted by molar-refractivity contribution is -0.127. The number of halogens is 2. The molecule has 2 amide bonds. The summed E-state index contributed by atoms with van der Waals surface area (Å²) < 4.78 is 5.48. The maximum Gasteiger partial charge on any atom is 0.269 e. The van der Waals surface area contributed by atoms with E-state index in [1.165, 1.54) is 11.0 Å². The fraction of sp³-hybridized carbons (Fsp3) is 0.188. The lowest BCUT2D eigenvalue weighted by Gasteiger charge is -2.31.